The second kappa shape index (κ2) is 4.00. The molecule has 0 aliphatic heterocycles. The number of carbonyl (C=O) groups is 1. The molecule has 0 bridgehead atoms. The summed E-state index contributed by atoms with van der Waals surface area (Å²) in [5, 5.41) is 16.8. The van der Waals surface area contributed by atoms with Crippen LogP contribution in [0.1, 0.15) is 41.4 Å². The van der Waals surface area contributed by atoms with E-state index in [9.17, 15) is 9.90 Å². The van der Waals surface area contributed by atoms with E-state index in [0.29, 0.717) is 22.3 Å². The minimum Gasteiger partial charge on any atom is -0.478 e. The van der Waals surface area contributed by atoms with Crippen LogP contribution in [0.2, 0.25) is 5.15 Å². The van der Waals surface area contributed by atoms with Crippen LogP contribution < -0.4 is 0 Å². The first-order valence-electron chi connectivity index (χ1n) is 5.20. The topological polar surface area (TPSA) is 78.9 Å². The SMILES string of the molecule is Cc1[nH]nc2nc(Cl)c(C(C)C)c(C(=O)O)c12. The zero-order valence-corrected chi connectivity index (χ0v) is 10.5. The molecule has 0 unspecified atom stereocenters. The maximum atomic E-state index is 11.4. The predicted molar refractivity (Wildman–Crippen MR) is 64.7 cm³/mol. The highest BCUT2D eigenvalue weighted by Gasteiger charge is 2.24. The van der Waals surface area contributed by atoms with Crippen molar-refractivity contribution in [2.75, 3.05) is 0 Å². The van der Waals surface area contributed by atoms with Crippen molar-refractivity contribution in [3.05, 3.63) is 22.0 Å². The molecule has 5 nitrogen and oxygen atoms in total. The standard InChI is InChI=1S/C11H12ClN3O2/c1-4(2)6-8(11(16)17)7-5(3)14-15-10(7)13-9(6)12/h4H,1-3H3,(H,16,17)(H,13,14,15). The molecule has 0 saturated heterocycles. The van der Waals surface area contributed by atoms with Crippen molar-refractivity contribution >= 4 is 28.6 Å². The highest BCUT2D eigenvalue weighted by atomic mass is 35.5. The van der Waals surface area contributed by atoms with Gasteiger partial charge in [-0.15, -0.1) is 0 Å². The number of pyridine rings is 1. The monoisotopic (exact) mass is 253 g/mol. The third-order valence-corrected chi connectivity index (χ3v) is 2.95. The number of rotatable bonds is 2. The summed E-state index contributed by atoms with van der Waals surface area (Å²) in [5.74, 6) is -1.02. The van der Waals surface area contributed by atoms with Gasteiger partial charge >= 0.3 is 5.97 Å². The Morgan fingerprint density at radius 3 is 2.65 bits per heavy atom. The number of carboxylic acid groups (broad SMARTS) is 1. The maximum absolute atomic E-state index is 11.4. The molecule has 17 heavy (non-hydrogen) atoms. The zero-order valence-electron chi connectivity index (χ0n) is 9.71. The fourth-order valence-electron chi connectivity index (χ4n) is 1.94. The average molecular weight is 254 g/mol. The first kappa shape index (κ1) is 11.9. The Labute approximate surface area is 103 Å². The molecule has 2 aromatic rings. The van der Waals surface area contributed by atoms with E-state index in [4.69, 9.17) is 11.6 Å². The lowest BCUT2D eigenvalue weighted by molar-refractivity contribution is 0.0697. The van der Waals surface area contributed by atoms with Gasteiger partial charge in [-0.05, 0) is 12.8 Å². The molecule has 90 valence electrons. The van der Waals surface area contributed by atoms with Crippen LogP contribution in [0.5, 0.6) is 0 Å². The van der Waals surface area contributed by atoms with E-state index in [0.717, 1.165) is 0 Å². The number of aryl methyl sites for hydroxylation is 1. The van der Waals surface area contributed by atoms with Crippen LogP contribution in [0.4, 0.5) is 0 Å². The van der Waals surface area contributed by atoms with E-state index < -0.39 is 5.97 Å². The summed E-state index contributed by atoms with van der Waals surface area (Å²) < 4.78 is 0. The summed E-state index contributed by atoms with van der Waals surface area (Å²) in [7, 11) is 0. The molecular weight excluding hydrogens is 242 g/mol. The molecule has 2 rings (SSSR count). The lowest BCUT2D eigenvalue weighted by Crippen LogP contribution is -2.07. The third kappa shape index (κ3) is 1.76. The Bertz CT molecular complexity index is 604. The Morgan fingerprint density at radius 1 is 1.47 bits per heavy atom. The molecule has 0 atom stereocenters. The van der Waals surface area contributed by atoms with Crippen molar-refractivity contribution in [1.82, 2.24) is 15.2 Å². The number of carboxylic acids is 1. The van der Waals surface area contributed by atoms with Crippen LogP contribution in [0.25, 0.3) is 11.0 Å². The van der Waals surface area contributed by atoms with Crippen LogP contribution in [0, 0.1) is 6.92 Å². The smallest absolute Gasteiger partial charge is 0.336 e. The van der Waals surface area contributed by atoms with Gasteiger partial charge in [-0.2, -0.15) is 5.10 Å². The Kier molecular flexibility index (Phi) is 2.79. The molecule has 2 aromatic heterocycles. The summed E-state index contributed by atoms with van der Waals surface area (Å²) >= 11 is 6.03. The van der Waals surface area contributed by atoms with E-state index in [-0.39, 0.29) is 16.6 Å². The van der Waals surface area contributed by atoms with Crippen LogP contribution in [-0.2, 0) is 0 Å². The summed E-state index contributed by atoms with van der Waals surface area (Å²) in [4.78, 5) is 15.5. The largest absolute Gasteiger partial charge is 0.478 e. The van der Waals surface area contributed by atoms with Crippen LogP contribution in [0.15, 0.2) is 0 Å². The number of nitrogens with one attached hydrogen (secondary N) is 1. The maximum Gasteiger partial charge on any atom is 0.336 e. The van der Waals surface area contributed by atoms with Gasteiger partial charge in [-0.3, -0.25) is 5.10 Å². The van der Waals surface area contributed by atoms with Crippen molar-refractivity contribution in [3.63, 3.8) is 0 Å². The summed E-state index contributed by atoms with van der Waals surface area (Å²) in [6.45, 7) is 5.54. The number of aromatic amines is 1. The molecule has 0 amide bonds. The van der Waals surface area contributed by atoms with Gasteiger partial charge in [-0.25, -0.2) is 9.78 Å². The summed E-state index contributed by atoms with van der Waals surface area (Å²) in [6.07, 6.45) is 0. The van der Waals surface area contributed by atoms with Crippen molar-refractivity contribution in [3.8, 4) is 0 Å². The minimum absolute atomic E-state index is 0.0141. The molecule has 0 aromatic carbocycles. The number of nitrogens with zero attached hydrogens (tertiary/aromatic N) is 2. The second-order valence-electron chi connectivity index (χ2n) is 4.20. The first-order chi connectivity index (χ1) is 7.93. The molecule has 0 radical (unpaired) electrons. The number of aromatic nitrogens is 3. The van der Waals surface area contributed by atoms with Crippen LogP contribution >= 0.6 is 11.6 Å². The molecule has 6 heteroatoms. The van der Waals surface area contributed by atoms with Crippen molar-refractivity contribution in [2.24, 2.45) is 0 Å². The molecular formula is C11H12ClN3O2. The van der Waals surface area contributed by atoms with Crippen LogP contribution in [-0.4, -0.2) is 26.3 Å². The van der Waals surface area contributed by atoms with Gasteiger partial charge in [0.15, 0.2) is 5.65 Å². The molecule has 0 fully saturated rings. The fourth-order valence-corrected chi connectivity index (χ4v) is 2.33. The summed E-state index contributed by atoms with van der Waals surface area (Å²) in [6, 6.07) is 0. The number of halogens is 1. The fraction of sp³-hybridized carbons (Fsp3) is 0.364. The molecule has 0 spiro atoms. The van der Waals surface area contributed by atoms with Gasteiger partial charge in [0.25, 0.3) is 0 Å². The van der Waals surface area contributed by atoms with E-state index in [1.54, 1.807) is 6.92 Å². The number of fused-ring (bicyclic) bond motifs is 1. The normalized spacial score (nSPS) is 11.4. The van der Waals surface area contributed by atoms with Gasteiger partial charge in [0, 0.05) is 11.3 Å². The number of H-pyrrole nitrogens is 1. The molecule has 2 N–H and O–H groups in total. The Balaban J connectivity index is 2.97. The van der Waals surface area contributed by atoms with Gasteiger partial charge in [0.2, 0.25) is 0 Å². The lowest BCUT2D eigenvalue weighted by atomic mass is 9.96. The zero-order chi connectivity index (χ0) is 12.7. The van der Waals surface area contributed by atoms with Crippen LogP contribution in [0.3, 0.4) is 0 Å². The lowest BCUT2D eigenvalue weighted by Gasteiger charge is -2.12. The van der Waals surface area contributed by atoms with E-state index in [1.165, 1.54) is 0 Å². The van der Waals surface area contributed by atoms with E-state index in [1.807, 2.05) is 13.8 Å². The van der Waals surface area contributed by atoms with Gasteiger partial charge < -0.3 is 5.11 Å². The highest BCUT2D eigenvalue weighted by molar-refractivity contribution is 6.31. The minimum atomic E-state index is -1.01. The highest BCUT2D eigenvalue weighted by Crippen LogP contribution is 2.32. The molecule has 0 aliphatic rings. The Morgan fingerprint density at radius 2 is 2.12 bits per heavy atom. The van der Waals surface area contributed by atoms with E-state index >= 15 is 0 Å². The Hall–Kier alpha value is -1.62. The first-order valence-corrected chi connectivity index (χ1v) is 5.58. The van der Waals surface area contributed by atoms with E-state index in [2.05, 4.69) is 15.2 Å². The summed E-state index contributed by atoms with van der Waals surface area (Å²) in [5.41, 5.74) is 1.77. The number of hydrogen-bond acceptors (Lipinski definition) is 3. The van der Waals surface area contributed by atoms with Crippen molar-refractivity contribution in [2.45, 2.75) is 26.7 Å². The number of aromatic carboxylic acids is 1. The quantitative estimate of drug-likeness (QED) is 0.807. The third-order valence-electron chi connectivity index (χ3n) is 2.66. The molecule has 2 heterocycles. The van der Waals surface area contributed by atoms with Crippen molar-refractivity contribution in [1.29, 1.82) is 0 Å². The second-order valence-corrected chi connectivity index (χ2v) is 4.56. The van der Waals surface area contributed by atoms with Crippen molar-refractivity contribution < 1.29 is 9.90 Å². The molecule has 0 saturated carbocycles. The van der Waals surface area contributed by atoms with Gasteiger partial charge in [0.1, 0.15) is 5.15 Å². The molecule has 0 aliphatic carbocycles. The predicted octanol–water partition coefficient (Wildman–Crippen LogP) is 2.74. The average Bonchev–Trinajstić information content (AvgIpc) is 2.57. The van der Waals surface area contributed by atoms with Gasteiger partial charge in [-0.1, -0.05) is 25.4 Å². The van der Waals surface area contributed by atoms with Gasteiger partial charge in [0.05, 0.1) is 10.9 Å². The number of hydrogen-bond donors (Lipinski definition) is 2.